The molecular weight excluding hydrogens is 422 g/mol. The van der Waals surface area contributed by atoms with Crippen LogP contribution in [0.3, 0.4) is 0 Å². The van der Waals surface area contributed by atoms with Crippen LogP contribution in [0.4, 0.5) is 22.7 Å². The molecule has 0 bridgehead atoms. The molecule has 6 nitrogen and oxygen atoms in total. The molecule has 3 N–H and O–H groups in total. The van der Waals surface area contributed by atoms with E-state index in [1.807, 2.05) is 24.3 Å². The number of ketones is 1. The molecule has 0 spiro atoms. The Morgan fingerprint density at radius 2 is 1.32 bits per heavy atom. The van der Waals surface area contributed by atoms with E-state index in [2.05, 4.69) is 80.9 Å². The summed E-state index contributed by atoms with van der Waals surface area (Å²) in [6.07, 6.45) is 3.15. The number of anilines is 3. The van der Waals surface area contributed by atoms with Crippen LogP contribution in [0.1, 0.15) is 41.5 Å². The van der Waals surface area contributed by atoms with Crippen LogP contribution in [0.25, 0.3) is 0 Å². The average molecular weight is 460 g/mol. The zero-order valence-electron chi connectivity index (χ0n) is 21.2. The third-order valence-electron chi connectivity index (χ3n) is 5.97. The quantitative estimate of drug-likeness (QED) is 0.474. The summed E-state index contributed by atoms with van der Waals surface area (Å²) < 4.78 is 0. The minimum atomic E-state index is -0.163. The Morgan fingerprint density at radius 1 is 0.824 bits per heavy atom. The molecule has 0 radical (unpaired) electrons. The Labute approximate surface area is 203 Å². The van der Waals surface area contributed by atoms with Gasteiger partial charge in [-0.25, -0.2) is 4.99 Å². The van der Waals surface area contributed by atoms with Gasteiger partial charge in [0, 0.05) is 48.3 Å². The first-order chi connectivity index (χ1) is 16.2. The predicted molar refractivity (Wildman–Crippen MR) is 145 cm³/mol. The highest BCUT2D eigenvalue weighted by molar-refractivity contribution is 6.23. The summed E-state index contributed by atoms with van der Waals surface area (Å²) in [5, 5.41) is 3.23. The maximum absolute atomic E-state index is 12.6. The highest BCUT2D eigenvalue weighted by Crippen LogP contribution is 2.24. The number of nitrogens with zero attached hydrogens (tertiary/aromatic N) is 3. The van der Waals surface area contributed by atoms with Gasteiger partial charge in [0.05, 0.1) is 22.8 Å². The molecule has 0 aromatic heterocycles. The molecule has 6 heteroatoms. The van der Waals surface area contributed by atoms with Crippen molar-refractivity contribution in [2.45, 2.75) is 53.6 Å². The summed E-state index contributed by atoms with van der Waals surface area (Å²) in [7, 11) is 0. The summed E-state index contributed by atoms with van der Waals surface area (Å²) in [4.78, 5) is 21.9. The second-order valence-electron chi connectivity index (χ2n) is 8.97. The third kappa shape index (κ3) is 5.87. The monoisotopic (exact) mass is 459 g/mol. The van der Waals surface area contributed by atoms with Crippen LogP contribution >= 0.6 is 0 Å². The van der Waals surface area contributed by atoms with Crippen molar-refractivity contribution in [1.82, 2.24) is 0 Å². The van der Waals surface area contributed by atoms with Crippen LogP contribution in [0.2, 0.25) is 0 Å². The van der Waals surface area contributed by atoms with Crippen LogP contribution in [-0.2, 0) is 4.79 Å². The SMILES string of the molecule is CCN(c1ccc(N=C2C=C(Nc3ccc(N(CC)C(C)C)cc3)C(=O)C=C2N)cc1)C(C)C. The minimum Gasteiger partial charge on any atom is -0.397 e. The lowest BCUT2D eigenvalue weighted by atomic mass is 10.1. The Hall–Kier alpha value is -3.54. The fourth-order valence-corrected chi connectivity index (χ4v) is 4.22. The number of hydrogen-bond donors (Lipinski definition) is 2. The van der Waals surface area contributed by atoms with Crippen LogP contribution < -0.4 is 20.9 Å². The van der Waals surface area contributed by atoms with Gasteiger partial charge in [0.2, 0.25) is 5.78 Å². The number of hydrogen-bond acceptors (Lipinski definition) is 6. The molecule has 0 aliphatic heterocycles. The highest BCUT2D eigenvalue weighted by atomic mass is 16.1. The van der Waals surface area contributed by atoms with Gasteiger partial charge >= 0.3 is 0 Å². The standard InChI is InChI=1S/C28H37N5O/c1-7-32(19(3)4)23-13-9-21(10-14-23)30-26-18-27(28(34)17-25(26)29)31-22-11-15-24(16-12-22)33(8-2)20(5)6/h9-20,31H,7-8,29H2,1-6H3. The van der Waals surface area contributed by atoms with Gasteiger partial charge in [0.1, 0.15) is 0 Å². The molecule has 2 aromatic carbocycles. The topological polar surface area (TPSA) is 74.0 Å². The molecule has 0 saturated carbocycles. The van der Waals surface area contributed by atoms with Gasteiger partial charge < -0.3 is 20.9 Å². The molecule has 0 unspecified atom stereocenters. The molecule has 0 heterocycles. The number of carbonyl (C=O) groups excluding carboxylic acids is 1. The van der Waals surface area contributed by atoms with E-state index in [0.29, 0.717) is 29.2 Å². The lowest BCUT2D eigenvalue weighted by Gasteiger charge is -2.27. The van der Waals surface area contributed by atoms with E-state index in [0.717, 1.165) is 35.8 Å². The second-order valence-corrected chi connectivity index (χ2v) is 8.97. The molecule has 2 aromatic rings. The van der Waals surface area contributed by atoms with Crippen molar-refractivity contribution in [1.29, 1.82) is 0 Å². The van der Waals surface area contributed by atoms with Crippen molar-refractivity contribution in [3.63, 3.8) is 0 Å². The number of benzene rings is 2. The first-order valence-corrected chi connectivity index (χ1v) is 12.1. The molecule has 0 atom stereocenters. The summed E-state index contributed by atoms with van der Waals surface area (Å²) >= 11 is 0. The first-order valence-electron chi connectivity index (χ1n) is 12.1. The van der Waals surface area contributed by atoms with E-state index in [1.54, 1.807) is 6.08 Å². The van der Waals surface area contributed by atoms with Crippen molar-refractivity contribution in [2.75, 3.05) is 28.2 Å². The van der Waals surface area contributed by atoms with Crippen molar-refractivity contribution in [3.8, 4) is 0 Å². The van der Waals surface area contributed by atoms with Gasteiger partial charge in [-0.05, 0) is 96.1 Å². The molecule has 0 saturated heterocycles. The largest absolute Gasteiger partial charge is 0.397 e. The Kier molecular flexibility index (Phi) is 8.16. The van der Waals surface area contributed by atoms with Crippen molar-refractivity contribution in [3.05, 3.63) is 72.1 Å². The smallest absolute Gasteiger partial charge is 0.204 e. The molecule has 1 aliphatic rings. The Morgan fingerprint density at radius 3 is 1.79 bits per heavy atom. The number of nitrogens with two attached hydrogens (primary N) is 1. The molecule has 0 fully saturated rings. The second kappa shape index (κ2) is 11.1. The summed E-state index contributed by atoms with van der Waals surface area (Å²) in [5.41, 5.74) is 11.5. The lowest BCUT2D eigenvalue weighted by Crippen LogP contribution is -2.30. The third-order valence-corrected chi connectivity index (χ3v) is 5.97. The van der Waals surface area contributed by atoms with Crippen molar-refractivity contribution >= 4 is 34.2 Å². The van der Waals surface area contributed by atoms with Gasteiger partial charge in [0.15, 0.2) is 0 Å². The van der Waals surface area contributed by atoms with Crippen LogP contribution in [0.5, 0.6) is 0 Å². The molecule has 34 heavy (non-hydrogen) atoms. The van der Waals surface area contributed by atoms with E-state index in [9.17, 15) is 4.79 Å². The van der Waals surface area contributed by atoms with E-state index in [4.69, 9.17) is 10.7 Å². The zero-order chi connectivity index (χ0) is 24.8. The maximum Gasteiger partial charge on any atom is 0.204 e. The lowest BCUT2D eigenvalue weighted by molar-refractivity contribution is -0.111. The van der Waals surface area contributed by atoms with Gasteiger partial charge in [-0.15, -0.1) is 0 Å². The molecule has 180 valence electrons. The van der Waals surface area contributed by atoms with Gasteiger partial charge in [0.25, 0.3) is 0 Å². The van der Waals surface area contributed by atoms with Gasteiger partial charge in [-0.2, -0.15) is 0 Å². The maximum atomic E-state index is 12.6. The number of aliphatic imine (C=N–C) groups is 1. The van der Waals surface area contributed by atoms with Crippen LogP contribution in [0.15, 0.2) is 77.1 Å². The summed E-state index contributed by atoms with van der Waals surface area (Å²) in [5.74, 6) is -0.163. The van der Waals surface area contributed by atoms with Gasteiger partial charge in [-0.3, -0.25) is 4.79 Å². The predicted octanol–water partition coefficient (Wildman–Crippen LogP) is 5.65. The minimum absolute atomic E-state index is 0.163. The zero-order valence-corrected chi connectivity index (χ0v) is 21.2. The molecule has 1 aliphatic carbocycles. The molecular formula is C28H37N5O. The summed E-state index contributed by atoms with van der Waals surface area (Å²) in [6.45, 7) is 14.9. The number of nitrogens with one attached hydrogen (secondary N) is 1. The Balaban J connectivity index is 1.80. The van der Waals surface area contributed by atoms with E-state index in [-0.39, 0.29) is 5.78 Å². The normalized spacial score (nSPS) is 14.9. The highest BCUT2D eigenvalue weighted by Gasteiger charge is 2.18. The van der Waals surface area contributed by atoms with Gasteiger partial charge in [-0.1, -0.05) is 0 Å². The number of carbonyl (C=O) groups is 1. The average Bonchev–Trinajstić information content (AvgIpc) is 2.79. The fraction of sp³-hybridized carbons (Fsp3) is 0.357. The van der Waals surface area contributed by atoms with Crippen LogP contribution in [-0.4, -0.2) is 36.7 Å². The van der Waals surface area contributed by atoms with Crippen molar-refractivity contribution < 1.29 is 4.79 Å². The van der Waals surface area contributed by atoms with E-state index in [1.165, 1.54) is 6.08 Å². The first kappa shape index (κ1) is 25.1. The summed E-state index contributed by atoms with van der Waals surface area (Å²) in [6, 6.07) is 17.0. The number of rotatable bonds is 9. The van der Waals surface area contributed by atoms with E-state index >= 15 is 0 Å². The number of allylic oxidation sites excluding steroid dienone is 2. The molecule has 3 rings (SSSR count). The molecule has 0 amide bonds. The van der Waals surface area contributed by atoms with Crippen LogP contribution in [0, 0.1) is 0 Å². The van der Waals surface area contributed by atoms with E-state index < -0.39 is 0 Å². The van der Waals surface area contributed by atoms with Crippen molar-refractivity contribution in [2.24, 2.45) is 10.7 Å². The fourth-order valence-electron chi connectivity index (χ4n) is 4.22. The Bertz CT molecular complexity index is 1080.